The number of aromatic nitrogens is 1. The normalized spacial score (nSPS) is 19.3. The molecule has 2 unspecified atom stereocenters. The van der Waals surface area contributed by atoms with E-state index in [1.807, 2.05) is 12.1 Å². The second kappa shape index (κ2) is 7.19. The summed E-state index contributed by atoms with van der Waals surface area (Å²) in [4.78, 5) is 11.4. The Balaban J connectivity index is 2.00. The van der Waals surface area contributed by atoms with Gasteiger partial charge < -0.3 is 19.5 Å². The van der Waals surface area contributed by atoms with Gasteiger partial charge in [0.05, 0.1) is 12.1 Å². The molecule has 1 fully saturated rings. The highest BCUT2D eigenvalue weighted by Crippen LogP contribution is 2.43. The van der Waals surface area contributed by atoms with Crippen LogP contribution in [0.1, 0.15) is 48.9 Å². The van der Waals surface area contributed by atoms with Crippen LogP contribution in [0, 0.1) is 12.7 Å². The molecule has 2 heterocycles. The number of carboxylic acids is 1. The van der Waals surface area contributed by atoms with Crippen LogP contribution in [-0.2, 0) is 9.53 Å². The lowest BCUT2D eigenvalue weighted by Crippen LogP contribution is -2.18. The molecule has 2 aromatic carbocycles. The van der Waals surface area contributed by atoms with Crippen molar-refractivity contribution in [3.05, 3.63) is 59.0 Å². The van der Waals surface area contributed by atoms with Crippen molar-refractivity contribution >= 4 is 16.9 Å². The summed E-state index contributed by atoms with van der Waals surface area (Å²) in [6, 6.07) is 10.2. The van der Waals surface area contributed by atoms with E-state index in [0.717, 1.165) is 27.8 Å². The predicted octanol–water partition coefficient (Wildman–Crippen LogP) is 4.86. The van der Waals surface area contributed by atoms with Crippen molar-refractivity contribution in [2.75, 3.05) is 6.61 Å². The Morgan fingerprint density at radius 2 is 2.00 bits per heavy atom. The number of hydrogen-bond donors (Lipinski definition) is 2. The topological polar surface area (TPSA) is 71.7 Å². The second-order valence-corrected chi connectivity index (χ2v) is 8.02. The molecule has 0 radical (unpaired) electrons. The van der Waals surface area contributed by atoms with Crippen molar-refractivity contribution in [1.29, 1.82) is 0 Å². The number of aryl methyl sites for hydroxylation is 1. The van der Waals surface area contributed by atoms with Gasteiger partial charge in [-0.25, -0.2) is 9.18 Å². The lowest BCUT2D eigenvalue weighted by atomic mass is 9.90. The minimum absolute atomic E-state index is 0.0967. The van der Waals surface area contributed by atoms with Crippen LogP contribution in [0.5, 0.6) is 5.75 Å². The molecule has 4 rings (SSSR count). The molecule has 1 aromatic heterocycles. The van der Waals surface area contributed by atoms with E-state index in [1.54, 1.807) is 25.1 Å². The summed E-state index contributed by atoms with van der Waals surface area (Å²) in [6.45, 7) is 6.20. The van der Waals surface area contributed by atoms with Gasteiger partial charge in [-0.15, -0.1) is 0 Å². The first-order chi connectivity index (χ1) is 13.8. The average Bonchev–Trinajstić information content (AvgIpc) is 3.26. The standard InChI is InChI=1S/C23H24FNO4/c1-12(2)22-21(14-9-20(23(27)28)29-11-14)17-10-16(26)5-7-19(17)25(22)15-4-6-18(24)13(3)8-15/h4-8,10,12,14,20,26H,9,11H2,1-3H3,(H,27,28). The number of fused-ring (bicyclic) bond motifs is 1. The quantitative estimate of drug-likeness (QED) is 0.659. The van der Waals surface area contributed by atoms with Gasteiger partial charge in [-0.3, -0.25) is 0 Å². The molecule has 2 atom stereocenters. The van der Waals surface area contributed by atoms with Crippen LogP contribution in [0.4, 0.5) is 4.39 Å². The number of benzene rings is 2. The minimum atomic E-state index is -0.959. The van der Waals surface area contributed by atoms with E-state index in [2.05, 4.69) is 18.4 Å². The number of nitrogens with zero attached hydrogens (tertiary/aromatic N) is 1. The van der Waals surface area contributed by atoms with E-state index in [0.29, 0.717) is 18.6 Å². The Hall–Kier alpha value is -2.86. The zero-order valence-corrected chi connectivity index (χ0v) is 16.6. The fourth-order valence-electron chi connectivity index (χ4n) is 4.37. The van der Waals surface area contributed by atoms with E-state index in [-0.39, 0.29) is 23.4 Å². The van der Waals surface area contributed by atoms with Crippen molar-refractivity contribution in [1.82, 2.24) is 4.57 Å². The highest BCUT2D eigenvalue weighted by atomic mass is 19.1. The highest BCUT2D eigenvalue weighted by Gasteiger charge is 2.36. The molecule has 3 aromatic rings. The van der Waals surface area contributed by atoms with Gasteiger partial charge in [-0.1, -0.05) is 13.8 Å². The highest BCUT2D eigenvalue weighted by molar-refractivity contribution is 5.89. The number of hydrogen-bond acceptors (Lipinski definition) is 3. The SMILES string of the molecule is Cc1cc(-n2c(C(C)C)c(C3COC(C(=O)O)C3)c3cc(O)ccc32)ccc1F. The molecule has 1 aliphatic rings. The van der Waals surface area contributed by atoms with Crippen LogP contribution in [0.2, 0.25) is 0 Å². The van der Waals surface area contributed by atoms with E-state index < -0.39 is 12.1 Å². The Morgan fingerprint density at radius 1 is 1.24 bits per heavy atom. The Kier molecular flexibility index (Phi) is 4.82. The van der Waals surface area contributed by atoms with E-state index in [1.165, 1.54) is 6.07 Å². The second-order valence-electron chi connectivity index (χ2n) is 8.02. The van der Waals surface area contributed by atoms with Crippen LogP contribution in [0.25, 0.3) is 16.6 Å². The number of aliphatic carboxylic acids is 1. The molecule has 1 aliphatic heterocycles. The summed E-state index contributed by atoms with van der Waals surface area (Å²) < 4.78 is 21.5. The van der Waals surface area contributed by atoms with Crippen LogP contribution in [-0.4, -0.2) is 33.5 Å². The number of aromatic hydroxyl groups is 1. The Morgan fingerprint density at radius 3 is 2.62 bits per heavy atom. The maximum Gasteiger partial charge on any atom is 0.332 e. The van der Waals surface area contributed by atoms with Crippen molar-refractivity contribution in [3.63, 3.8) is 0 Å². The fraction of sp³-hybridized carbons (Fsp3) is 0.348. The third-order valence-electron chi connectivity index (χ3n) is 5.66. The van der Waals surface area contributed by atoms with Gasteiger partial charge in [0.1, 0.15) is 11.6 Å². The Bertz CT molecular complexity index is 1100. The average molecular weight is 397 g/mol. The molecule has 152 valence electrons. The molecular weight excluding hydrogens is 373 g/mol. The monoisotopic (exact) mass is 397 g/mol. The van der Waals surface area contributed by atoms with Crippen LogP contribution >= 0.6 is 0 Å². The van der Waals surface area contributed by atoms with Gasteiger partial charge in [-0.05, 0) is 66.8 Å². The molecule has 0 aliphatic carbocycles. The lowest BCUT2D eigenvalue weighted by Gasteiger charge is -2.18. The summed E-state index contributed by atoms with van der Waals surface area (Å²) in [7, 11) is 0. The van der Waals surface area contributed by atoms with Crippen molar-refractivity contribution in [2.45, 2.75) is 45.1 Å². The molecule has 0 spiro atoms. The van der Waals surface area contributed by atoms with Crippen molar-refractivity contribution < 1.29 is 24.1 Å². The zero-order chi connectivity index (χ0) is 20.9. The summed E-state index contributed by atoms with van der Waals surface area (Å²) in [5.74, 6) is -1.05. The van der Waals surface area contributed by atoms with Crippen LogP contribution in [0.3, 0.4) is 0 Å². The number of carbonyl (C=O) groups is 1. The fourth-order valence-corrected chi connectivity index (χ4v) is 4.37. The number of phenols is 1. The zero-order valence-electron chi connectivity index (χ0n) is 16.6. The molecule has 0 bridgehead atoms. The minimum Gasteiger partial charge on any atom is -0.508 e. The maximum absolute atomic E-state index is 13.9. The molecular formula is C23H24FNO4. The molecule has 5 nitrogen and oxygen atoms in total. The first-order valence-corrected chi connectivity index (χ1v) is 9.76. The number of halogens is 1. The van der Waals surface area contributed by atoms with E-state index >= 15 is 0 Å². The molecule has 2 N–H and O–H groups in total. The summed E-state index contributed by atoms with van der Waals surface area (Å²) in [5.41, 5.74) is 4.30. The van der Waals surface area contributed by atoms with Gasteiger partial charge >= 0.3 is 5.97 Å². The van der Waals surface area contributed by atoms with Gasteiger partial charge in [0.15, 0.2) is 6.10 Å². The summed E-state index contributed by atoms with van der Waals surface area (Å²) >= 11 is 0. The van der Waals surface area contributed by atoms with Crippen molar-refractivity contribution in [3.8, 4) is 11.4 Å². The van der Waals surface area contributed by atoms with E-state index in [4.69, 9.17) is 4.74 Å². The van der Waals surface area contributed by atoms with E-state index in [9.17, 15) is 19.4 Å². The summed E-state index contributed by atoms with van der Waals surface area (Å²) in [5, 5.41) is 20.4. The maximum atomic E-state index is 13.9. The molecule has 1 saturated heterocycles. The number of phenolic OH excluding ortho intramolecular Hbond substituents is 1. The van der Waals surface area contributed by atoms with Gasteiger partial charge in [0, 0.05) is 22.7 Å². The predicted molar refractivity (Wildman–Crippen MR) is 108 cm³/mol. The van der Waals surface area contributed by atoms with Gasteiger partial charge in [-0.2, -0.15) is 0 Å². The number of carboxylic acid groups (broad SMARTS) is 1. The molecule has 0 amide bonds. The molecule has 6 heteroatoms. The molecule has 0 saturated carbocycles. The largest absolute Gasteiger partial charge is 0.508 e. The third-order valence-corrected chi connectivity index (χ3v) is 5.66. The van der Waals surface area contributed by atoms with Gasteiger partial charge in [0.2, 0.25) is 0 Å². The Labute approximate surface area is 168 Å². The number of rotatable bonds is 4. The number of ether oxygens (including phenoxy) is 1. The first kappa shape index (κ1) is 19.5. The van der Waals surface area contributed by atoms with Crippen LogP contribution < -0.4 is 0 Å². The summed E-state index contributed by atoms with van der Waals surface area (Å²) in [6.07, 6.45) is -0.449. The first-order valence-electron chi connectivity index (χ1n) is 9.76. The molecule has 29 heavy (non-hydrogen) atoms. The lowest BCUT2D eigenvalue weighted by molar-refractivity contribution is -0.147. The van der Waals surface area contributed by atoms with Crippen molar-refractivity contribution in [2.24, 2.45) is 0 Å². The van der Waals surface area contributed by atoms with Gasteiger partial charge in [0.25, 0.3) is 0 Å². The third kappa shape index (κ3) is 3.27. The van der Waals surface area contributed by atoms with Crippen LogP contribution in [0.15, 0.2) is 36.4 Å². The smallest absolute Gasteiger partial charge is 0.332 e.